The molecule has 20 heavy (non-hydrogen) atoms. The smallest absolute Gasteiger partial charge is 0.311 e. The van der Waals surface area contributed by atoms with Crippen LogP contribution in [0.15, 0.2) is 36.4 Å². The highest BCUT2D eigenvalue weighted by molar-refractivity contribution is 9.08. The van der Waals surface area contributed by atoms with Crippen molar-refractivity contribution in [1.29, 1.82) is 0 Å². The Hall–Kier alpha value is -2.02. The van der Waals surface area contributed by atoms with E-state index in [2.05, 4.69) is 15.9 Å². The van der Waals surface area contributed by atoms with E-state index in [1.807, 2.05) is 0 Å². The van der Waals surface area contributed by atoms with Gasteiger partial charge >= 0.3 is 5.69 Å². The van der Waals surface area contributed by atoms with E-state index in [-0.39, 0.29) is 16.8 Å². The van der Waals surface area contributed by atoms with Gasteiger partial charge < -0.3 is 4.74 Å². The Balaban J connectivity index is 2.43. The minimum absolute atomic E-state index is 0.220. The van der Waals surface area contributed by atoms with Gasteiger partial charge in [0.25, 0.3) is 0 Å². The summed E-state index contributed by atoms with van der Waals surface area (Å²) in [5, 5.41) is 11.1. The number of benzene rings is 2. The van der Waals surface area contributed by atoms with Crippen LogP contribution in [0.25, 0.3) is 0 Å². The maximum absolute atomic E-state index is 13.8. The fourth-order valence-electron chi connectivity index (χ4n) is 1.59. The van der Waals surface area contributed by atoms with Crippen LogP contribution >= 0.6 is 15.9 Å². The molecule has 2 aromatic rings. The van der Waals surface area contributed by atoms with E-state index in [4.69, 9.17) is 4.74 Å². The number of hydrogen-bond donors (Lipinski definition) is 0. The van der Waals surface area contributed by atoms with Crippen molar-refractivity contribution >= 4 is 21.6 Å². The van der Waals surface area contributed by atoms with E-state index >= 15 is 0 Å². The van der Waals surface area contributed by atoms with Crippen molar-refractivity contribution in [2.75, 3.05) is 0 Å². The van der Waals surface area contributed by atoms with Crippen LogP contribution in [0.1, 0.15) is 5.56 Å². The highest BCUT2D eigenvalue weighted by atomic mass is 79.9. The Morgan fingerprint density at radius 3 is 2.35 bits per heavy atom. The van der Waals surface area contributed by atoms with Gasteiger partial charge in [-0.1, -0.05) is 28.1 Å². The van der Waals surface area contributed by atoms with E-state index < -0.39 is 22.3 Å². The third-order valence-electron chi connectivity index (χ3n) is 2.49. The fraction of sp³-hybridized carbons (Fsp3) is 0.0769. The van der Waals surface area contributed by atoms with Crippen molar-refractivity contribution in [3.8, 4) is 11.5 Å². The molecule has 0 heterocycles. The maximum Gasteiger partial charge on any atom is 0.311 e. The lowest BCUT2D eigenvalue weighted by molar-refractivity contribution is -0.385. The van der Waals surface area contributed by atoms with Crippen molar-refractivity contribution in [2.24, 2.45) is 0 Å². The molecule has 0 saturated carbocycles. The summed E-state index contributed by atoms with van der Waals surface area (Å²) in [6, 6.07) is 7.58. The second kappa shape index (κ2) is 5.96. The van der Waals surface area contributed by atoms with Gasteiger partial charge in [-0.15, -0.1) is 0 Å². The zero-order chi connectivity index (χ0) is 14.7. The quantitative estimate of drug-likeness (QED) is 0.464. The van der Waals surface area contributed by atoms with Crippen molar-refractivity contribution in [1.82, 2.24) is 0 Å². The van der Waals surface area contributed by atoms with Crippen LogP contribution < -0.4 is 4.74 Å². The van der Waals surface area contributed by atoms with E-state index in [1.54, 1.807) is 0 Å². The van der Waals surface area contributed by atoms with Gasteiger partial charge in [0.15, 0.2) is 17.4 Å². The molecular weight excluding hydrogens is 336 g/mol. The number of nitro benzene ring substituents is 1. The van der Waals surface area contributed by atoms with E-state index in [0.717, 1.165) is 12.1 Å². The van der Waals surface area contributed by atoms with Crippen LogP contribution in [0.4, 0.5) is 14.5 Å². The second-order valence-corrected chi connectivity index (χ2v) is 4.41. The normalized spacial score (nSPS) is 10.3. The van der Waals surface area contributed by atoms with Gasteiger partial charge in [0.1, 0.15) is 0 Å². The number of hydrogen-bond acceptors (Lipinski definition) is 3. The first-order chi connectivity index (χ1) is 9.52. The lowest BCUT2D eigenvalue weighted by Gasteiger charge is -2.09. The molecule has 7 heteroatoms. The summed E-state index contributed by atoms with van der Waals surface area (Å²) in [6.45, 7) is 0. The van der Waals surface area contributed by atoms with Gasteiger partial charge in [0.05, 0.1) is 4.92 Å². The number of nitro groups is 1. The first-order valence-corrected chi connectivity index (χ1v) is 6.60. The molecule has 0 aromatic heterocycles. The second-order valence-electron chi connectivity index (χ2n) is 3.85. The highest BCUT2D eigenvalue weighted by Crippen LogP contribution is 2.34. The molecule has 0 spiro atoms. The monoisotopic (exact) mass is 343 g/mol. The predicted octanol–water partition coefficient (Wildman–Crippen LogP) is 4.56. The topological polar surface area (TPSA) is 52.4 Å². The molecule has 0 radical (unpaired) electrons. The van der Waals surface area contributed by atoms with Crippen LogP contribution in [-0.2, 0) is 5.33 Å². The van der Waals surface area contributed by atoms with E-state index in [0.29, 0.717) is 5.56 Å². The molecule has 0 aliphatic carbocycles. The minimum atomic E-state index is -0.919. The number of alkyl halides is 1. The lowest BCUT2D eigenvalue weighted by Crippen LogP contribution is -1.97. The Bertz CT molecular complexity index is 641. The van der Waals surface area contributed by atoms with E-state index in [1.165, 1.54) is 24.3 Å². The summed E-state index contributed by atoms with van der Waals surface area (Å²) in [6.07, 6.45) is 0. The molecule has 0 bridgehead atoms. The Kier molecular flexibility index (Phi) is 4.29. The molecular formula is C13H8BrF2NO3. The summed E-state index contributed by atoms with van der Waals surface area (Å²) < 4.78 is 32.5. The van der Waals surface area contributed by atoms with Gasteiger partial charge in [-0.05, 0) is 23.8 Å². The zero-order valence-electron chi connectivity index (χ0n) is 9.98. The van der Waals surface area contributed by atoms with Crippen LogP contribution in [0, 0.1) is 21.7 Å². The summed E-state index contributed by atoms with van der Waals surface area (Å²) in [4.78, 5) is 10.1. The van der Waals surface area contributed by atoms with Crippen molar-refractivity contribution in [3.63, 3.8) is 0 Å². The fourth-order valence-corrected chi connectivity index (χ4v) is 1.92. The lowest BCUT2D eigenvalue weighted by atomic mass is 10.2. The van der Waals surface area contributed by atoms with Crippen LogP contribution in [0.3, 0.4) is 0 Å². The molecule has 104 valence electrons. The molecule has 2 rings (SSSR count). The molecule has 4 nitrogen and oxygen atoms in total. The van der Waals surface area contributed by atoms with Crippen molar-refractivity contribution < 1.29 is 18.4 Å². The standard InChI is InChI=1S/C13H8BrF2NO3/c14-7-8-5-9(15)13(10(16)6-8)20-12-4-2-1-3-11(12)17(18)19/h1-6H,7H2. The molecule has 0 unspecified atom stereocenters. The van der Waals surface area contributed by atoms with Gasteiger partial charge in [0.2, 0.25) is 5.75 Å². The summed E-state index contributed by atoms with van der Waals surface area (Å²) in [5.41, 5.74) is 0.0331. The van der Waals surface area contributed by atoms with Gasteiger partial charge in [-0.2, -0.15) is 0 Å². The largest absolute Gasteiger partial charge is 0.444 e. The number of nitrogens with zero attached hydrogens (tertiary/aromatic N) is 1. The first-order valence-electron chi connectivity index (χ1n) is 5.48. The Morgan fingerprint density at radius 2 is 1.80 bits per heavy atom. The van der Waals surface area contributed by atoms with Crippen LogP contribution in [0.2, 0.25) is 0 Å². The number of para-hydroxylation sites is 2. The van der Waals surface area contributed by atoms with Crippen LogP contribution in [-0.4, -0.2) is 4.92 Å². The summed E-state index contributed by atoms with van der Waals surface area (Å²) >= 11 is 3.08. The summed E-state index contributed by atoms with van der Waals surface area (Å²) in [5.74, 6) is -2.72. The molecule has 0 N–H and O–H groups in total. The number of rotatable bonds is 4. The Labute approximate surface area is 121 Å². The molecule has 0 saturated heterocycles. The molecule has 0 amide bonds. The Morgan fingerprint density at radius 1 is 1.20 bits per heavy atom. The van der Waals surface area contributed by atoms with Gasteiger partial charge in [-0.25, -0.2) is 8.78 Å². The SMILES string of the molecule is O=[N+]([O-])c1ccccc1Oc1c(F)cc(CBr)cc1F. The third kappa shape index (κ3) is 2.93. The molecule has 0 aliphatic rings. The third-order valence-corrected chi connectivity index (χ3v) is 3.13. The van der Waals surface area contributed by atoms with Crippen molar-refractivity contribution in [2.45, 2.75) is 5.33 Å². The maximum atomic E-state index is 13.8. The van der Waals surface area contributed by atoms with Gasteiger partial charge in [-0.3, -0.25) is 10.1 Å². The molecule has 2 aromatic carbocycles. The van der Waals surface area contributed by atoms with Crippen LogP contribution in [0.5, 0.6) is 11.5 Å². The van der Waals surface area contributed by atoms with E-state index in [9.17, 15) is 18.9 Å². The average molecular weight is 344 g/mol. The minimum Gasteiger partial charge on any atom is -0.444 e. The molecule has 0 aliphatic heterocycles. The van der Waals surface area contributed by atoms with Gasteiger partial charge in [0, 0.05) is 11.4 Å². The summed E-state index contributed by atoms with van der Waals surface area (Å²) in [7, 11) is 0. The molecule has 0 atom stereocenters. The molecule has 0 fully saturated rings. The van der Waals surface area contributed by atoms with Crippen molar-refractivity contribution in [3.05, 3.63) is 63.7 Å². The first kappa shape index (κ1) is 14.4. The zero-order valence-corrected chi connectivity index (χ0v) is 11.6. The average Bonchev–Trinajstić information content (AvgIpc) is 2.42. The predicted molar refractivity (Wildman–Crippen MR) is 72.2 cm³/mol. The number of halogens is 3. The number of ether oxygens (including phenoxy) is 1. The highest BCUT2D eigenvalue weighted by Gasteiger charge is 2.19.